The van der Waals surface area contributed by atoms with E-state index in [-0.39, 0.29) is 13.0 Å². The minimum absolute atomic E-state index is 0.0799. The van der Waals surface area contributed by atoms with Gasteiger partial charge in [-0.15, -0.1) is 0 Å². The fourth-order valence-electron chi connectivity index (χ4n) is 7.80. The van der Waals surface area contributed by atoms with Gasteiger partial charge in [-0.2, -0.15) is 0 Å². The highest BCUT2D eigenvalue weighted by molar-refractivity contribution is 7.47. The maximum Gasteiger partial charge on any atom is 0.472 e. The molecule has 13 heteroatoms. The number of allylic oxidation sites excluding steroid dienone is 4. The van der Waals surface area contributed by atoms with E-state index >= 15 is 0 Å². The molecular weight excluding hydrogens is 812 g/mol. The molecule has 0 bridgehead atoms. The lowest BCUT2D eigenvalue weighted by Crippen LogP contribution is -2.64. The van der Waals surface area contributed by atoms with Crippen LogP contribution in [0.25, 0.3) is 0 Å². The number of ether oxygens (including phenoxy) is 2. The number of carbonyl (C=O) groups excluding carboxylic acids is 1. The van der Waals surface area contributed by atoms with E-state index in [4.69, 9.17) is 18.5 Å². The Morgan fingerprint density at radius 2 is 0.903 bits per heavy atom. The molecule has 1 rings (SSSR count). The van der Waals surface area contributed by atoms with Crippen LogP contribution in [0.15, 0.2) is 24.3 Å². The highest BCUT2D eigenvalue weighted by Crippen LogP contribution is 2.47. The Labute approximate surface area is 377 Å². The van der Waals surface area contributed by atoms with Gasteiger partial charge in [-0.3, -0.25) is 13.8 Å². The third kappa shape index (κ3) is 31.7. The number of aliphatic hydroxyl groups is 5. The molecule has 0 radical (unpaired) electrons. The zero-order valence-electron chi connectivity index (χ0n) is 39.2. The van der Waals surface area contributed by atoms with E-state index in [9.17, 15) is 39.8 Å². The maximum absolute atomic E-state index is 12.8. The number of phosphoric ester groups is 1. The molecule has 0 saturated heterocycles. The van der Waals surface area contributed by atoms with Crippen LogP contribution in [0.3, 0.4) is 0 Å². The van der Waals surface area contributed by atoms with Gasteiger partial charge in [0.2, 0.25) is 0 Å². The molecule has 0 amide bonds. The van der Waals surface area contributed by atoms with Crippen LogP contribution >= 0.6 is 7.82 Å². The topological polar surface area (TPSA) is 192 Å². The Morgan fingerprint density at radius 3 is 1.39 bits per heavy atom. The van der Waals surface area contributed by atoms with Gasteiger partial charge >= 0.3 is 13.8 Å². The Hall–Kier alpha value is -1.18. The lowest BCUT2D eigenvalue weighted by Gasteiger charge is -2.41. The smallest absolute Gasteiger partial charge is 0.457 e. The summed E-state index contributed by atoms with van der Waals surface area (Å²) in [5, 5.41) is 50.3. The van der Waals surface area contributed by atoms with Gasteiger partial charge in [0.05, 0.1) is 13.2 Å². The molecule has 1 saturated carbocycles. The number of hydrogen-bond acceptors (Lipinski definition) is 11. The summed E-state index contributed by atoms with van der Waals surface area (Å²) in [4.78, 5) is 23.2. The lowest BCUT2D eigenvalue weighted by atomic mass is 9.85. The first kappa shape index (κ1) is 58.8. The number of carbonyl (C=O) groups is 1. The molecule has 12 nitrogen and oxygen atoms in total. The second kappa shape index (κ2) is 40.1. The number of esters is 1. The molecule has 366 valence electrons. The molecule has 6 unspecified atom stereocenters. The summed E-state index contributed by atoms with van der Waals surface area (Å²) in [6, 6.07) is 0. The molecule has 6 atom stereocenters. The van der Waals surface area contributed by atoms with Crippen molar-refractivity contribution in [2.24, 2.45) is 0 Å². The van der Waals surface area contributed by atoms with Crippen molar-refractivity contribution in [2.45, 2.75) is 262 Å². The second-order valence-corrected chi connectivity index (χ2v) is 19.1. The van der Waals surface area contributed by atoms with Crippen molar-refractivity contribution >= 4 is 13.8 Å². The molecule has 1 aliphatic carbocycles. The normalized spacial score (nSPS) is 22.1. The van der Waals surface area contributed by atoms with Gasteiger partial charge < -0.3 is 39.9 Å². The first-order valence-corrected chi connectivity index (χ1v) is 26.7. The number of aliphatic hydroxyl groups excluding tert-OH is 5. The summed E-state index contributed by atoms with van der Waals surface area (Å²) in [5.41, 5.74) is 0. The van der Waals surface area contributed by atoms with Crippen LogP contribution in [0, 0.1) is 0 Å². The molecule has 0 aromatic heterocycles. The Morgan fingerprint density at radius 1 is 0.516 bits per heavy atom. The molecule has 62 heavy (non-hydrogen) atoms. The molecular formula is C49H93O12P. The fraction of sp³-hybridized carbons (Fsp3) is 0.898. The molecule has 1 fully saturated rings. The van der Waals surface area contributed by atoms with Crippen molar-refractivity contribution in [1.82, 2.24) is 0 Å². The van der Waals surface area contributed by atoms with Gasteiger partial charge in [0.25, 0.3) is 0 Å². The zero-order chi connectivity index (χ0) is 45.5. The maximum atomic E-state index is 12.8. The molecule has 0 spiro atoms. The van der Waals surface area contributed by atoms with Gasteiger partial charge in [0.1, 0.15) is 42.7 Å². The Kier molecular flexibility index (Phi) is 38.1. The third-order valence-electron chi connectivity index (χ3n) is 11.8. The SMILES string of the molecule is CCCCC/C=C\C/C=C\CCCCCCCCOCC(COP(=O)(O)OC1C(O)C(O)C(O)C(O)C1O)OC(=O)CCCCCCCCCCCCCCCCCCCCC. The van der Waals surface area contributed by atoms with Gasteiger partial charge in [-0.1, -0.05) is 192 Å². The van der Waals surface area contributed by atoms with Crippen molar-refractivity contribution in [3.8, 4) is 0 Å². The minimum atomic E-state index is -5.02. The molecule has 1 aliphatic rings. The highest BCUT2D eigenvalue weighted by Gasteiger charge is 2.51. The second-order valence-electron chi connectivity index (χ2n) is 17.7. The summed E-state index contributed by atoms with van der Waals surface area (Å²) in [5.74, 6) is -0.477. The van der Waals surface area contributed by atoms with Crippen molar-refractivity contribution < 1.29 is 58.3 Å². The summed E-state index contributed by atoms with van der Waals surface area (Å²) in [6.45, 7) is 4.24. The van der Waals surface area contributed by atoms with Crippen LogP contribution in [0.1, 0.15) is 219 Å². The zero-order valence-corrected chi connectivity index (χ0v) is 40.1. The van der Waals surface area contributed by atoms with Crippen molar-refractivity contribution in [3.05, 3.63) is 24.3 Å². The van der Waals surface area contributed by atoms with Crippen LogP contribution in [-0.4, -0.2) is 98.9 Å². The molecule has 0 aromatic rings. The van der Waals surface area contributed by atoms with E-state index in [0.717, 1.165) is 57.8 Å². The van der Waals surface area contributed by atoms with Crippen LogP contribution in [-0.2, 0) is 27.9 Å². The van der Waals surface area contributed by atoms with Crippen LogP contribution < -0.4 is 0 Å². The van der Waals surface area contributed by atoms with E-state index in [2.05, 4.69) is 38.2 Å². The standard InChI is InChI=1S/C49H93O12P/c1-3-5-7-9-11-13-15-17-19-21-22-23-24-26-28-30-32-34-36-38-43(50)60-42(41-59-62(56,57)61-49-47(54)45(52)44(51)46(53)48(49)55)40-58-39-37-35-33-31-29-27-25-20-18-16-14-12-10-8-6-4-2/h12,14,18,20,42,44-49,51-55H,3-11,13,15-17,19,21-41H2,1-2H3,(H,56,57)/b14-12-,20-18-. The van der Waals surface area contributed by atoms with E-state index in [1.807, 2.05) is 0 Å². The predicted octanol–water partition coefficient (Wildman–Crippen LogP) is 10.9. The summed E-state index contributed by atoms with van der Waals surface area (Å²) in [6.07, 6.45) is 33.8. The number of phosphoric acid groups is 1. The van der Waals surface area contributed by atoms with Crippen molar-refractivity contribution in [3.63, 3.8) is 0 Å². The van der Waals surface area contributed by atoms with Crippen LogP contribution in [0.2, 0.25) is 0 Å². The molecule has 6 N–H and O–H groups in total. The van der Waals surface area contributed by atoms with Gasteiger partial charge in [0, 0.05) is 13.0 Å². The number of unbranched alkanes of at least 4 members (excludes halogenated alkanes) is 27. The Bertz CT molecular complexity index is 1120. The average molecular weight is 905 g/mol. The first-order chi connectivity index (χ1) is 30.0. The largest absolute Gasteiger partial charge is 0.472 e. The first-order valence-electron chi connectivity index (χ1n) is 25.2. The van der Waals surface area contributed by atoms with Gasteiger partial charge in [-0.25, -0.2) is 4.57 Å². The van der Waals surface area contributed by atoms with Crippen molar-refractivity contribution in [2.75, 3.05) is 19.8 Å². The lowest BCUT2D eigenvalue weighted by molar-refractivity contribution is -0.220. The predicted molar refractivity (Wildman–Crippen MR) is 249 cm³/mol. The van der Waals surface area contributed by atoms with Crippen LogP contribution in [0.4, 0.5) is 0 Å². The van der Waals surface area contributed by atoms with Gasteiger partial charge in [-0.05, 0) is 44.9 Å². The molecule has 0 aromatic carbocycles. The van der Waals surface area contributed by atoms with E-state index < -0.39 is 63.1 Å². The van der Waals surface area contributed by atoms with E-state index in [0.29, 0.717) is 13.0 Å². The monoisotopic (exact) mass is 905 g/mol. The quantitative estimate of drug-likeness (QED) is 0.0147. The van der Waals surface area contributed by atoms with Crippen LogP contribution in [0.5, 0.6) is 0 Å². The minimum Gasteiger partial charge on any atom is -0.457 e. The third-order valence-corrected chi connectivity index (χ3v) is 12.8. The number of rotatable bonds is 43. The van der Waals surface area contributed by atoms with Gasteiger partial charge in [0.15, 0.2) is 0 Å². The average Bonchev–Trinajstić information content (AvgIpc) is 3.26. The van der Waals surface area contributed by atoms with Crippen molar-refractivity contribution in [1.29, 1.82) is 0 Å². The molecule has 0 heterocycles. The van der Waals surface area contributed by atoms with E-state index in [1.54, 1.807) is 0 Å². The number of hydrogen-bond donors (Lipinski definition) is 6. The summed E-state index contributed by atoms with van der Waals surface area (Å²) in [7, 11) is -5.02. The molecule has 0 aliphatic heterocycles. The Balaban J connectivity index is 2.35. The fourth-order valence-corrected chi connectivity index (χ4v) is 8.77. The summed E-state index contributed by atoms with van der Waals surface area (Å²) < 4.78 is 34.3. The summed E-state index contributed by atoms with van der Waals surface area (Å²) >= 11 is 0. The highest BCUT2D eigenvalue weighted by atomic mass is 31.2. The van der Waals surface area contributed by atoms with E-state index in [1.165, 1.54) is 135 Å².